The molecule has 0 unspecified atom stereocenters. The second-order valence-electron chi connectivity index (χ2n) is 18.1. The van der Waals surface area contributed by atoms with Crippen LogP contribution in [0.5, 0.6) is 0 Å². The Kier molecular flexibility index (Phi) is 11.8. The van der Waals surface area contributed by atoms with Gasteiger partial charge in [0.05, 0.1) is 11.4 Å². The Labute approximate surface area is 421 Å². The van der Waals surface area contributed by atoms with Crippen LogP contribution in [0.25, 0.3) is 123 Å². The van der Waals surface area contributed by atoms with Crippen molar-refractivity contribution >= 4 is 0 Å². The van der Waals surface area contributed by atoms with Crippen molar-refractivity contribution < 1.29 is 0 Å². The average Bonchev–Trinajstić information content (AvgIpc) is 3.91. The van der Waals surface area contributed by atoms with Crippen LogP contribution in [0.3, 0.4) is 0 Å². The molecule has 0 saturated heterocycles. The van der Waals surface area contributed by atoms with Crippen LogP contribution >= 0.6 is 0 Å². The van der Waals surface area contributed by atoms with Crippen LogP contribution < -0.4 is 0 Å². The summed E-state index contributed by atoms with van der Waals surface area (Å²) in [6.07, 6.45) is 7.90. The van der Waals surface area contributed by atoms with Gasteiger partial charge in [-0.2, -0.15) is 0 Å². The third-order valence-electron chi connectivity index (χ3n) is 13.6. The highest BCUT2D eigenvalue weighted by Gasteiger charge is 2.19. The Morgan fingerprint density at radius 2 is 0.639 bits per heavy atom. The van der Waals surface area contributed by atoms with Crippen LogP contribution in [-0.2, 0) is 7.05 Å². The summed E-state index contributed by atoms with van der Waals surface area (Å²) in [5.74, 6) is 0.937. The molecule has 12 aromatic rings. The lowest BCUT2D eigenvalue weighted by Crippen LogP contribution is -1.95. The van der Waals surface area contributed by atoms with Crippen LogP contribution in [0.2, 0.25) is 0 Å². The van der Waals surface area contributed by atoms with E-state index in [2.05, 4.69) is 252 Å². The first kappa shape index (κ1) is 43.7. The van der Waals surface area contributed by atoms with E-state index in [1.807, 2.05) is 37.8 Å². The van der Waals surface area contributed by atoms with Gasteiger partial charge in [-0.05, 0) is 108 Å². The molecule has 9 aromatic carbocycles. The van der Waals surface area contributed by atoms with E-state index in [0.717, 1.165) is 112 Å². The van der Waals surface area contributed by atoms with Gasteiger partial charge in [-0.15, -0.1) is 0 Å². The van der Waals surface area contributed by atoms with Crippen molar-refractivity contribution in [3.05, 3.63) is 274 Å². The van der Waals surface area contributed by atoms with Gasteiger partial charge in [-0.25, -0.2) is 4.98 Å². The summed E-state index contributed by atoms with van der Waals surface area (Å²) < 4.78 is 2.05. The molecule has 3 aromatic heterocycles. The van der Waals surface area contributed by atoms with Gasteiger partial charge in [-0.3, -0.25) is 9.97 Å². The van der Waals surface area contributed by atoms with Gasteiger partial charge in [0.2, 0.25) is 0 Å². The van der Waals surface area contributed by atoms with E-state index < -0.39 is 0 Å². The molecule has 0 N–H and O–H groups in total. The van der Waals surface area contributed by atoms with Crippen LogP contribution in [0.1, 0.15) is 0 Å². The molecule has 0 atom stereocenters. The first-order chi connectivity index (χ1) is 35.6. The molecule has 3 heterocycles. The van der Waals surface area contributed by atoms with Crippen LogP contribution in [0.15, 0.2) is 274 Å². The highest BCUT2D eigenvalue weighted by molar-refractivity contribution is 5.97. The third-order valence-corrected chi connectivity index (χ3v) is 13.6. The number of rotatable bonds is 11. The summed E-state index contributed by atoms with van der Waals surface area (Å²) >= 11 is 0. The maximum Gasteiger partial charge on any atom is 0.139 e. The minimum atomic E-state index is 0.927. The van der Waals surface area contributed by atoms with Crippen LogP contribution in [0, 0.1) is 0 Å². The topological polar surface area (TPSA) is 43.6 Å². The third kappa shape index (κ3) is 8.74. The average molecular weight is 921 g/mol. The number of hydrogen-bond donors (Lipinski definition) is 0. The molecule has 0 amide bonds. The van der Waals surface area contributed by atoms with E-state index in [1.54, 1.807) is 0 Å². The number of benzene rings is 9. The van der Waals surface area contributed by atoms with Crippen molar-refractivity contribution in [2.45, 2.75) is 0 Å². The number of aryl methyl sites for hydroxylation is 1. The van der Waals surface area contributed by atoms with Gasteiger partial charge < -0.3 is 4.57 Å². The monoisotopic (exact) mass is 920 g/mol. The van der Waals surface area contributed by atoms with Crippen molar-refractivity contribution in [1.29, 1.82) is 0 Å². The molecule has 0 fully saturated rings. The Balaban J connectivity index is 1.03. The molecule has 0 aliphatic rings. The lowest BCUT2D eigenvalue weighted by Gasteiger charge is -2.19. The predicted molar refractivity (Wildman–Crippen MR) is 299 cm³/mol. The van der Waals surface area contributed by atoms with E-state index >= 15 is 0 Å². The Morgan fingerprint density at radius 3 is 1.15 bits per heavy atom. The molecule has 0 bridgehead atoms. The van der Waals surface area contributed by atoms with Gasteiger partial charge in [0, 0.05) is 59.7 Å². The molecule has 0 aliphatic carbocycles. The zero-order valence-electron chi connectivity index (χ0n) is 39.8. The van der Waals surface area contributed by atoms with Crippen molar-refractivity contribution in [1.82, 2.24) is 19.5 Å². The number of imidazole rings is 1. The number of aromatic nitrogens is 4. The van der Waals surface area contributed by atoms with E-state index in [9.17, 15) is 0 Å². The summed E-state index contributed by atoms with van der Waals surface area (Å²) in [5.41, 5.74) is 23.0. The van der Waals surface area contributed by atoms with E-state index in [0.29, 0.717) is 0 Å². The molecule has 340 valence electrons. The van der Waals surface area contributed by atoms with Crippen molar-refractivity contribution in [2.75, 3.05) is 0 Å². The summed E-state index contributed by atoms with van der Waals surface area (Å²) in [5, 5.41) is 0. The number of pyridine rings is 2. The second-order valence-corrected chi connectivity index (χ2v) is 18.1. The Morgan fingerprint density at radius 1 is 0.250 bits per heavy atom. The Hall–Kier alpha value is -9.51. The molecule has 0 spiro atoms. The highest BCUT2D eigenvalue weighted by atomic mass is 15.0. The summed E-state index contributed by atoms with van der Waals surface area (Å²) in [4.78, 5) is 14.8. The summed E-state index contributed by atoms with van der Waals surface area (Å²) in [6, 6.07) is 89.0. The maximum absolute atomic E-state index is 5.17. The minimum absolute atomic E-state index is 0.927. The Bertz CT molecular complexity index is 3820. The standard InChI is InChI=1S/C68H48N4/c1-72-40-39-69-68(72)53-35-33-49(34-36-53)58-23-11-13-25-60(58)55-41-56(61-26-14-12-24-59(61)54-37-38-66(70-45-54)51-19-7-3-8-20-51)43-57(42-55)62-27-15-16-28-63(62)65-46-71-67(52-21-9-4-10-22-52)44-64(65)50-31-29-48(30-32-50)47-17-5-2-6-18-47/h2-46H,1H3. The van der Waals surface area contributed by atoms with Crippen LogP contribution in [0.4, 0.5) is 0 Å². The summed E-state index contributed by atoms with van der Waals surface area (Å²) in [7, 11) is 2.03. The number of nitrogens with zero attached hydrogens (tertiary/aromatic N) is 4. The highest BCUT2D eigenvalue weighted by Crippen LogP contribution is 2.44. The number of hydrogen-bond acceptors (Lipinski definition) is 3. The molecule has 72 heavy (non-hydrogen) atoms. The van der Waals surface area contributed by atoms with Gasteiger partial charge in [0.15, 0.2) is 0 Å². The minimum Gasteiger partial charge on any atom is -0.334 e. The fraction of sp³-hybridized carbons (Fsp3) is 0.0147. The first-order valence-corrected chi connectivity index (χ1v) is 24.4. The van der Waals surface area contributed by atoms with Crippen molar-refractivity contribution in [3.63, 3.8) is 0 Å². The summed E-state index contributed by atoms with van der Waals surface area (Å²) in [6.45, 7) is 0. The SMILES string of the molecule is Cn1ccnc1-c1ccc(-c2ccccc2-c2cc(-c3ccccc3-c3ccc(-c4ccccc4)nc3)cc(-c3ccccc3-c3cnc(-c4ccccc4)cc3-c3ccc(-c4ccccc4)cc3)c2)cc1. The fourth-order valence-corrected chi connectivity index (χ4v) is 9.96. The van der Waals surface area contributed by atoms with Gasteiger partial charge >= 0.3 is 0 Å². The first-order valence-electron chi connectivity index (χ1n) is 24.4. The molecule has 0 radical (unpaired) electrons. The van der Waals surface area contributed by atoms with Crippen LogP contribution in [-0.4, -0.2) is 19.5 Å². The van der Waals surface area contributed by atoms with E-state index in [1.165, 1.54) is 11.1 Å². The lowest BCUT2D eigenvalue weighted by atomic mass is 9.85. The second kappa shape index (κ2) is 19.5. The molecule has 0 aliphatic heterocycles. The molecule has 4 nitrogen and oxygen atoms in total. The van der Waals surface area contributed by atoms with Crippen molar-refractivity contribution in [2.24, 2.45) is 7.05 Å². The smallest absolute Gasteiger partial charge is 0.139 e. The van der Waals surface area contributed by atoms with Gasteiger partial charge in [0.25, 0.3) is 0 Å². The normalized spacial score (nSPS) is 11.1. The molecular weight excluding hydrogens is 873 g/mol. The zero-order chi connectivity index (χ0) is 48.2. The molecule has 4 heteroatoms. The van der Waals surface area contributed by atoms with Gasteiger partial charge in [-0.1, -0.05) is 218 Å². The lowest BCUT2D eigenvalue weighted by molar-refractivity contribution is 0.925. The van der Waals surface area contributed by atoms with E-state index in [4.69, 9.17) is 9.97 Å². The molecule has 12 rings (SSSR count). The van der Waals surface area contributed by atoms with Gasteiger partial charge in [0.1, 0.15) is 5.82 Å². The quantitative estimate of drug-likeness (QED) is 0.130. The van der Waals surface area contributed by atoms with Crippen molar-refractivity contribution in [3.8, 4) is 123 Å². The largest absolute Gasteiger partial charge is 0.334 e. The molecule has 0 saturated carbocycles. The molecular formula is C68H48N4. The van der Waals surface area contributed by atoms with E-state index in [-0.39, 0.29) is 0 Å². The maximum atomic E-state index is 5.17. The fourth-order valence-electron chi connectivity index (χ4n) is 9.96. The predicted octanol–water partition coefficient (Wildman–Crippen LogP) is 17.5. The zero-order valence-corrected chi connectivity index (χ0v) is 39.8.